The minimum absolute atomic E-state index is 0.336. The van der Waals surface area contributed by atoms with E-state index in [2.05, 4.69) is 0 Å². The number of hydrogen-bond acceptors (Lipinski definition) is 2. The molecule has 1 heterocycles. The van der Waals surface area contributed by atoms with Crippen molar-refractivity contribution >= 4 is 11.7 Å². The van der Waals surface area contributed by atoms with Crippen LogP contribution in [0.25, 0.3) is 0 Å². The van der Waals surface area contributed by atoms with Crippen molar-refractivity contribution in [3.63, 3.8) is 0 Å². The molecule has 3 nitrogen and oxygen atoms in total. The monoisotopic (exact) mass is 205 g/mol. The first-order valence-electron chi connectivity index (χ1n) is 5.01. The molecule has 80 valence electrons. The Labute approximate surface area is 89.3 Å². The highest BCUT2D eigenvalue weighted by atomic mass is 16.4. The van der Waals surface area contributed by atoms with Crippen molar-refractivity contribution in [2.24, 2.45) is 0 Å². The number of carboxylic acids is 1. The van der Waals surface area contributed by atoms with E-state index in [1.54, 1.807) is 0 Å². The van der Waals surface area contributed by atoms with E-state index in [-0.39, 0.29) is 5.41 Å². The van der Waals surface area contributed by atoms with E-state index in [0.717, 1.165) is 11.3 Å². The van der Waals surface area contributed by atoms with Crippen LogP contribution in [0.5, 0.6) is 0 Å². The Kier molecular flexibility index (Phi) is 2.00. The molecule has 0 amide bonds. The third-order valence-electron chi connectivity index (χ3n) is 3.28. The lowest BCUT2D eigenvalue weighted by molar-refractivity contribution is -0.139. The maximum Gasteiger partial charge on any atom is 0.327 e. The number of anilines is 1. The van der Waals surface area contributed by atoms with E-state index in [1.165, 1.54) is 0 Å². The zero-order chi connectivity index (χ0) is 11.2. The quantitative estimate of drug-likeness (QED) is 0.760. The molecule has 1 aromatic rings. The molecule has 0 spiro atoms. The fraction of sp³-hybridized carbons (Fsp3) is 0.417. The second-order valence-corrected chi connectivity index (χ2v) is 4.59. The summed E-state index contributed by atoms with van der Waals surface area (Å²) in [5.74, 6) is -0.765. The van der Waals surface area contributed by atoms with Crippen LogP contribution in [-0.2, 0) is 10.2 Å². The summed E-state index contributed by atoms with van der Waals surface area (Å²) in [6.07, 6.45) is 0. The van der Waals surface area contributed by atoms with Gasteiger partial charge in [-0.05, 0) is 11.6 Å². The average molecular weight is 205 g/mol. The molecule has 3 heteroatoms. The van der Waals surface area contributed by atoms with Gasteiger partial charge in [0.15, 0.2) is 0 Å². The third kappa shape index (κ3) is 1.23. The number of carboxylic acid groups (broad SMARTS) is 1. The van der Waals surface area contributed by atoms with Crippen LogP contribution in [-0.4, -0.2) is 24.2 Å². The summed E-state index contributed by atoms with van der Waals surface area (Å²) in [7, 11) is 1.84. The third-order valence-corrected chi connectivity index (χ3v) is 3.28. The van der Waals surface area contributed by atoms with Crippen LogP contribution in [0.1, 0.15) is 19.4 Å². The molecule has 0 aliphatic carbocycles. The highest BCUT2D eigenvalue weighted by Gasteiger charge is 2.46. The van der Waals surface area contributed by atoms with E-state index >= 15 is 0 Å². The molecule has 0 saturated carbocycles. The van der Waals surface area contributed by atoms with Gasteiger partial charge in [-0.1, -0.05) is 32.0 Å². The molecule has 1 N–H and O–H groups in total. The maximum absolute atomic E-state index is 11.3. The van der Waals surface area contributed by atoms with Gasteiger partial charge in [-0.25, -0.2) is 4.79 Å². The van der Waals surface area contributed by atoms with Crippen LogP contribution in [0, 0.1) is 0 Å². The van der Waals surface area contributed by atoms with Crippen LogP contribution >= 0.6 is 0 Å². The molecular weight excluding hydrogens is 190 g/mol. The van der Waals surface area contributed by atoms with Crippen molar-refractivity contribution < 1.29 is 9.90 Å². The first-order chi connectivity index (χ1) is 6.96. The molecule has 0 radical (unpaired) electrons. The number of likely N-dealkylation sites (N-methyl/N-ethyl adjacent to an activating group) is 1. The van der Waals surface area contributed by atoms with Gasteiger partial charge < -0.3 is 10.0 Å². The topological polar surface area (TPSA) is 40.5 Å². The molecule has 0 bridgehead atoms. The molecule has 1 unspecified atom stereocenters. The van der Waals surface area contributed by atoms with Gasteiger partial charge in [0.25, 0.3) is 0 Å². The SMILES string of the molecule is CN1c2ccccc2C(C)(C)C1C(=O)O. The number of benzene rings is 1. The Hall–Kier alpha value is -1.51. The summed E-state index contributed by atoms with van der Waals surface area (Å²) >= 11 is 0. The fourth-order valence-electron chi connectivity index (χ4n) is 2.57. The van der Waals surface area contributed by atoms with Crippen molar-refractivity contribution in [2.75, 3.05) is 11.9 Å². The van der Waals surface area contributed by atoms with E-state index in [0.29, 0.717) is 0 Å². The highest BCUT2D eigenvalue weighted by Crippen LogP contribution is 2.43. The van der Waals surface area contributed by atoms with Gasteiger partial charge in [-0.15, -0.1) is 0 Å². The van der Waals surface area contributed by atoms with Crippen molar-refractivity contribution in [2.45, 2.75) is 25.3 Å². The molecule has 15 heavy (non-hydrogen) atoms. The average Bonchev–Trinajstić information content (AvgIpc) is 2.36. The summed E-state index contributed by atoms with van der Waals surface area (Å²) in [6, 6.07) is 7.40. The number of carbonyl (C=O) groups is 1. The number of fused-ring (bicyclic) bond motifs is 1. The Morgan fingerprint density at radius 2 is 2.00 bits per heavy atom. The van der Waals surface area contributed by atoms with Gasteiger partial charge in [0.1, 0.15) is 6.04 Å². The Morgan fingerprint density at radius 1 is 1.40 bits per heavy atom. The number of nitrogens with zero attached hydrogens (tertiary/aromatic N) is 1. The summed E-state index contributed by atoms with van der Waals surface area (Å²) in [4.78, 5) is 13.1. The maximum atomic E-state index is 11.3. The Bertz CT molecular complexity index is 412. The van der Waals surface area contributed by atoms with E-state index < -0.39 is 12.0 Å². The van der Waals surface area contributed by atoms with Crippen molar-refractivity contribution in [1.29, 1.82) is 0 Å². The molecule has 0 saturated heterocycles. The van der Waals surface area contributed by atoms with Crippen molar-refractivity contribution in [3.8, 4) is 0 Å². The number of para-hydroxylation sites is 1. The van der Waals surface area contributed by atoms with Gasteiger partial charge in [0.2, 0.25) is 0 Å². The summed E-state index contributed by atoms with van der Waals surface area (Å²) in [5, 5.41) is 9.25. The van der Waals surface area contributed by atoms with E-state index in [9.17, 15) is 9.90 Å². The lowest BCUT2D eigenvalue weighted by Gasteiger charge is -2.28. The van der Waals surface area contributed by atoms with Crippen LogP contribution in [0.3, 0.4) is 0 Å². The van der Waals surface area contributed by atoms with Gasteiger partial charge >= 0.3 is 5.97 Å². The van der Waals surface area contributed by atoms with Crippen molar-refractivity contribution in [1.82, 2.24) is 0 Å². The largest absolute Gasteiger partial charge is 0.480 e. The lowest BCUT2D eigenvalue weighted by Crippen LogP contribution is -2.45. The Balaban J connectivity index is 2.59. The normalized spacial score (nSPS) is 22.6. The Morgan fingerprint density at radius 3 is 2.53 bits per heavy atom. The van der Waals surface area contributed by atoms with Crippen LogP contribution in [0.4, 0.5) is 5.69 Å². The predicted octanol–water partition coefficient (Wildman–Crippen LogP) is 1.87. The molecule has 0 fully saturated rings. The molecule has 1 aliphatic rings. The summed E-state index contributed by atoms with van der Waals surface area (Å²) in [6.45, 7) is 3.96. The van der Waals surface area contributed by atoms with Crippen LogP contribution in [0.15, 0.2) is 24.3 Å². The number of rotatable bonds is 1. The molecule has 0 aromatic heterocycles. The lowest BCUT2D eigenvalue weighted by atomic mass is 9.80. The zero-order valence-electron chi connectivity index (χ0n) is 9.19. The van der Waals surface area contributed by atoms with Crippen molar-refractivity contribution in [3.05, 3.63) is 29.8 Å². The smallest absolute Gasteiger partial charge is 0.327 e. The molecular formula is C12H15NO2. The molecule has 1 aliphatic heterocycles. The van der Waals surface area contributed by atoms with Crippen LogP contribution < -0.4 is 4.90 Å². The first-order valence-corrected chi connectivity index (χ1v) is 5.01. The van der Waals surface area contributed by atoms with Gasteiger partial charge in [0, 0.05) is 18.2 Å². The predicted molar refractivity (Wildman–Crippen MR) is 59.3 cm³/mol. The minimum Gasteiger partial charge on any atom is -0.480 e. The molecule has 2 rings (SSSR count). The standard InChI is InChI=1S/C12H15NO2/c1-12(2)8-6-4-5-7-9(8)13(3)10(12)11(14)15/h4-7,10H,1-3H3,(H,14,15). The first kappa shape index (κ1) is 10.0. The van der Waals surface area contributed by atoms with Gasteiger partial charge in [0.05, 0.1) is 0 Å². The highest BCUT2D eigenvalue weighted by molar-refractivity contribution is 5.85. The van der Waals surface area contributed by atoms with E-state index in [4.69, 9.17) is 0 Å². The van der Waals surface area contributed by atoms with Crippen LogP contribution in [0.2, 0.25) is 0 Å². The second kappa shape index (κ2) is 2.99. The van der Waals surface area contributed by atoms with E-state index in [1.807, 2.05) is 50.1 Å². The number of hydrogen-bond donors (Lipinski definition) is 1. The summed E-state index contributed by atoms with van der Waals surface area (Å²) < 4.78 is 0. The zero-order valence-corrected chi connectivity index (χ0v) is 9.19. The second-order valence-electron chi connectivity index (χ2n) is 4.59. The minimum atomic E-state index is -0.765. The molecule has 1 aromatic carbocycles. The molecule has 1 atom stereocenters. The van der Waals surface area contributed by atoms with Gasteiger partial charge in [-0.3, -0.25) is 0 Å². The van der Waals surface area contributed by atoms with Gasteiger partial charge in [-0.2, -0.15) is 0 Å². The summed E-state index contributed by atoms with van der Waals surface area (Å²) in [5.41, 5.74) is 1.80. The number of aliphatic carboxylic acids is 1. The fourth-order valence-corrected chi connectivity index (χ4v) is 2.57.